The number of likely N-dealkylation sites (tertiary alicyclic amines) is 1. The van der Waals surface area contributed by atoms with E-state index in [-0.39, 0.29) is 42.3 Å². The third-order valence-electron chi connectivity index (χ3n) is 7.15. The van der Waals surface area contributed by atoms with E-state index < -0.39 is 0 Å². The molecular formula is C25H28N2O3. The summed E-state index contributed by atoms with van der Waals surface area (Å²) in [5.41, 5.74) is 2.98. The van der Waals surface area contributed by atoms with Crippen molar-refractivity contribution in [2.75, 3.05) is 18.1 Å². The van der Waals surface area contributed by atoms with Crippen LogP contribution in [0.3, 0.4) is 0 Å². The van der Waals surface area contributed by atoms with Crippen molar-refractivity contribution < 1.29 is 14.7 Å². The second kappa shape index (κ2) is 7.88. The van der Waals surface area contributed by atoms with E-state index in [2.05, 4.69) is 6.07 Å². The number of aliphatic hydroxyl groups excluding tert-OH is 1. The number of para-hydroxylation sites is 1. The predicted octanol–water partition coefficient (Wildman–Crippen LogP) is 3.12. The SMILES string of the molecule is O=C(Cc1ccccc1)N1C[C@@H]2[C@H](c3ccccc31)[C@H](CO)N2C(=O)C1CCCC1. The van der Waals surface area contributed by atoms with Crippen LogP contribution in [-0.2, 0) is 16.0 Å². The Kier molecular flexibility index (Phi) is 5.07. The van der Waals surface area contributed by atoms with Crippen molar-refractivity contribution in [1.29, 1.82) is 0 Å². The van der Waals surface area contributed by atoms with Crippen LogP contribution in [0.15, 0.2) is 54.6 Å². The largest absolute Gasteiger partial charge is 0.394 e. The molecule has 2 heterocycles. The van der Waals surface area contributed by atoms with Crippen LogP contribution in [0.4, 0.5) is 5.69 Å². The molecule has 0 radical (unpaired) electrons. The lowest BCUT2D eigenvalue weighted by atomic mass is 9.71. The average Bonchev–Trinajstić information content (AvgIpc) is 3.30. The second-order valence-corrected chi connectivity index (χ2v) is 8.80. The molecule has 156 valence electrons. The topological polar surface area (TPSA) is 60.9 Å². The molecule has 0 unspecified atom stereocenters. The van der Waals surface area contributed by atoms with Gasteiger partial charge in [-0.2, -0.15) is 0 Å². The van der Waals surface area contributed by atoms with Gasteiger partial charge in [-0.15, -0.1) is 0 Å². The molecule has 1 saturated heterocycles. The summed E-state index contributed by atoms with van der Waals surface area (Å²) < 4.78 is 0. The first-order chi connectivity index (χ1) is 14.7. The highest BCUT2D eigenvalue weighted by Crippen LogP contribution is 2.49. The number of anilines is 1. The lowest BCUT2D eigenvalue weighted by Gasteiger charge is -2.59. The van der Waals surface area contributed by atoms with E-state index in [1.54, 1.807) is 0 Å². The third-order valence-corrected chi connectivity index (χ3v) is 7.15. The van der Waals surface area contributed by atoms with Crippen molar-refractivity contribution in [1.82, 2.24) is 4.90 Å². The Labute approximate surface area is 177 Å². The van der Waals surface area contributed by atoms with Gasteiger partial charge in [-0.25, -0.2) is 0 Å². The van der Waals surface area contributed by atoms with Crippen LogP contribution in [-0.4, -0.2) is 47.1 Å². The van der Waals surface area contributed by atoms with Crippen LogP contribution >= 0.6 is 0 Å². The van der Waals surface area contributed by atoms with Gasteiger partial charge in [0.2, 0.25) is 11.8 Å². The summed E-state index contributed by atoms with van der Waals surface area (Å²) in [6, 6.07) is 17.5. The quantitative estimate of drug-likeness (QED) is 0.852. The van der Waals surface area contributed by atoms with Gasteiger partial charge in [-0.05, 0) is 30.0 Å². The number of amides is 2. The highest BCUT2D eigenvalue weighted by molar-refractivity contribution is 5.97. The number of carbonyl (C=O) groups is 2. The van der Waals surface area contributed by atoms with Crippen molar-refractivity contribution in [3.05, 3.63) is 65.7 Å². The maximum absolute atomic E-state index is 13.3. The minimum atomic E-state index is -0.185. The van der Waals surface area contributed by atoms with Gasteiger partial charge in [0.15, 0.2) is 0 Å². The van der Waals surface area contributed by atoms with Crippen LogP contribution < -0.4 is 4.90 Å². The molecule has 2 aromatic rings. The van der Waals surface area contributed by atoms with E-state index in [1.807, 2.05) is 58.3 Å². The first-order valence-electron chi connectivity index (χ1n) is 11.1. The maximum atomic E-state index is 13.3. The number of carbonyl (C=O) groups excluding carboxylic acids is 2. The lowest BCUT2D eigenvalue weighted by Crippen LogP contribution is -2.71. The van der Waals surface area contributed by atoms with Crippen molar-refractivity contribution in [2.24, 2.45) is 5.92 Å². The molecule has 1 aliphatic carbocycles. The molecule has 2 aromatic carbocycles. The first-order valence-corrected chi connectivity index (χ1v) is 11.1. The molecule has 0 aromatic heterocycles. The summed E-state index contributed by atoms with van der Waals surface area (Å²) in [6.07, 6.45) is 4.43. The number of hydrogen-bond acceptors (Lipinski definition) is 3. The van der Waals surface area contributed by atoms with Crippen molar-refractivity contribution in [3.8, 4) is 0 Å². The van der Waals surface area contributed by atoms with Gasteiger partial charge in [0, 0.05) is 24.1 Å². The number of benzene rings is 2. The average molecular weight is 405 g/mol. The third kappa shape index (κ3) is 3.12. The Morgan fingerprint density at radius 3 is 2.40 bits per heavy atom. The lowest BCUT2D eigenvalue weighted by molar-refractivity contribution is -0.155. The molecule has 1 saturated carbocycles. The predicted molar refractivity (Wildman–Crippen MR) is 115 cm³/mol. The molecule has 5 rings (SSSR count). The molecule has 5 nitrogen and oxygen atoms in total. The van der Waals surface area contributed by atoms with Gasteiger partial charge in [0.1, 0.15) is 0 Å². The minimum absolute atomic E-state index is 0.0358. The normalized spacial score (nSPS) is 25.4. The second-order valence-electron chi connectivity index (χ2n) is 8.80. The zero-order valence-electron chi connectivity index (χ0n) is 17.1. The van der Waals surface area contributed by atoms with Crippen LogP contribution in [0, 0.1) is 5.92 Å². The first kappa shape index (κ1) is 19.3. The van der Waals surface area contributed by atoms with Gasteiger partial charge in [0.25, 0.3) is 0 Å². The molecule has 3 atom stereocenters. The monoisotopic (exact) mass is 404 g/mol. The smallest absolute Gasteiger partial charge is 0.231 e. The summed E-state index contributed by atoms with van der Waals surface area (Å²) in [4.78, 5) is 30.3. The summed E-state index contributed by atoms with van der Waals surface area (Å²) in [5, 5.41) is 10.1. The molecule has 2 amide bonds. The zero-order valence-corrected chi connectivity index (χ0v) is 17.1. The number of nitrogens with zero attached hydrogens (tertiary/aromatic N) is 2. The highest BCUT2D eigenvalue weighted by atomic mass is 16.3. The summed E-state index contributed by atoms with van der Waals surface area (Å²) >= 11 is 0. The Morgan fingerprint density at radius 1 is 0.967 bits per heavy atom. The molecular weight excluding hydrogens is 376 g/mol. The van der Waals surface area contributed by atoms with Crippen molar-refractivity contribution in [3.63, 3.8) is 0 Å². The Bertz CT molecular complexity index is 938. The van der Waals surface area contributed by atoms with Gasteiger partial charge in [-0.1, -0.05) is 61.4 Å². The molecule has 0 spiro atoms. The van der Waals surface area contributed by atoms with E-state index in [9.17, 15) is 14.7 Å². The van der Waals surface area contributed by atoms with Gasteiger partial charge in [0.05, 0.1) is 25.1 Å². The van der Waals surface area contributed by atoms with E-state index in [0.717, 1.165) is 42.5 Å². The molecule has 3 aliphatic rings. The fourth-order valence-electron chi connectivity index (χ4n) is 5.68. The number of hydrogen-bond donors (Lipinski definition) is 1. The number of rotatable bonds is 4. The van der Waals surface area contributed by atoms with Crippen LogP contribution in [0.1, 0.15) is 42.7 Å². The molecule has 5 heteroatoms. The van der Waals surface area contributed by atoms with Crippen LogP contribution in [0.2, 0.25) is 0 Å². The molecule has 2 aliphatic heterocycles. The summed E-state index contributed by atoms with van der Waals surface area (Å²) in [7, 11) is 0. The van der Waals surface area contributed by atoms with Gasteiger partial charge in [-0.3, -0.25) is 9.59 Å². The van der Waals surface area contributed by atoms with Gasteiger partial charge < -0.3 is 14.9 Å². The van der Waals surface area contributed by atoms with Crippen molar-refractivity contribution in [2.45, 2.75) is 50.1 Å². The Hall–Kier alpha value is -2.66. The van der Waals surface area contributed by atoms with E-state index in [0.29, 0.717) is 13.0 Å². The molecule has 1 N–H and O–H groups in total. The number of fused-ring (bicyclic) bond motifs is 3. The summed E-state index contributed by atoms with van der Waals surface area (Å²) in [6.45, 7) is 0.466. The Balaban J connectivity index is 1.45. The minimum Gasteiger partial charge on any atom is -0.394 e. The van der Waals surface area contributed by atoms with E-state index in [1.165, 1.54) is 0 Å². The maximum Gasteiger partial charge on any atom is 0.231 e. The fourth-order valence-corrected chi connectivity index (χ4v) is 5.68. The van der Waals surface area contributed by atoms with Crippen LogP contribution in [0.5, 0.6) is 0 Å². The standard InChI is InChI=1S/C25H28N2O3/c28-16-22-24-19-12-6-7-13-20(19)26(23(29)14-17-8-2-1-3-9-17)15-21(24)27(22)25(30)18-10-4-5-11-18/h1-3,6-9,12-13,18,21-22,24,28H,4-5,10-11,14-16H2/t21-,22+,24+/m1/s1. The van der Waals surface area contributed by atoms with E-state index >= 15 is 0 Å². The number of aliphatic hydroxyl groups is 1. The van der Waals surface area contributed by atoms with Crippen molar-refractivity contribution >= 4 is 17.5 Å². The van der Waals surface area contributed by atoms with Crippen LogP contribution in [0.25, 0.3) is 0 Å². The highest BCUT2D eigenvalue weighted by Gasteiger charge is 2.56. The molecule has 2 fully saturated rings. The fraction of sp³-hybridized carbons (Fsp3) is 0.440. The zero-order chi connectivity index (χ0) is 20.7. The molecule has 30 heavy (non-hydrogen) atoms. The molecule has 0 bridgehead atoms. The Morgan fingerprint density at radius 2 is 1.67 bits per heavy atom. The van der Waals surface area contributed by atoms with Gasteiger partial charge >= 0.3 is 0 Å². The van der Waals surface area contributed by atoms with E-state index in [4.69, 9.17) is 0 Å². The summed E-state index contributed by atoms with van der Waals surface area (Å²) in [5.74, 6) is 0.387.